The molecule has 0 saturated heterocycles. The van der Waals surface area contributed by atoms with Crippen LogP contribution < -0.4 is 5.32 Å². The number of para-hydroxylation sites is 1. The van der Waals surface area contributed by atoms with Crippen LogP contribution in [0.5, 0.6) is 0 Å². The van der Waals surface area contributed by atoms with Gasteiger partial charge in [0.25, 0.3) is 0 Å². The lowest BCUT2D eigenvalue weighted by atomic mass is 9.87. The minimum atomic E-state index is -0.211. The second kappa shape index (κ2) is 5.33. The van der Waals surface area contributed by atoms with Crippen LogP contribution >= 0.6 is 15.9 Å². The van der Waals surface area contributed by atoms with Crippen molar-refractivity contribution in [3.63, 3.8) is 0 Å². The van der Waals surface area contributed by atoms with Crippen LogP contribution in [-0.4, -0.2) is 0 Å². The first-order chi connectivity index (χ1) is 9.25. The summed E-state index contributed by atoms with van der Waals surface area (Å²) in [5, 5.41) is 3.35. The Bertz CT molecular complexity index is 577. The molecular weight excluding hydrogens is 305 g/mol. The highest BCUT2D eigenvalue weighted by molar-refractivity contribution is 9.10. The van der Waals surface area contributed by atoms with E-state index in [-0.39, 0.29) is 11.9 Å². The summed E-state index contributed by atoms with van der Waals surface area (Å²) in [4.78, 5) is 0. The minimum absolute atomic E-state index is 0.193. The largest absolute Gasteiger partial charge is 0.375 e. The van der Waals surface area contributed by atoms with E-state index in [9.17, 15) is 4.39 Å². The molecule has 2 aromatic rings. The molecule has 2 aromatic carbocycles. The van der Waals surface area contributed by atoms with E-state index in [1.54, 1.807) is 6.07 Å². The Labute approximate surface area is 121 Å². The molecule has 0 radical (unpaired) electrons. The summed E-state index contributed by atoms with van der Waals surface area (Å²) in [6.45, 7) is 0. The summed E-state index contributed by atoms with van der Waals surface area (Å²) in [6.07, 6.45) is 3.30. The number of hydrogen-bond acceptors (Lipinski definition) is 1. The average molecular weight is 320 g/mol. The zero-order valence-corrected chi connectivity index (χ0v) is 12.1. The molecule has 0 aliphatic heterocycles. The highest BCUT2D eigenvalue weighted by Crippen LogP contribution is 2.35. The maximum absolute atomic E-state index is 13.9. The van der Waals surface area contributed by atoms with E-state index in [2.05, 4.69) is 45.5 Å². The number of rotatable bonds is 2. The van der Waals surface area contributed by atoms with Crippen LogP contribution in [0.1, 0.15) is 30.0 Å². The van der Waals surface area contributed by atoms with Gasteiger partial charge in [0.05, 0.1) is 11.7 Å². The van der Waals surface area contributed by atoms with Crippen LogP contribution in [0, 0.1) is 5.82 Å². The number of nitrogens with one attached hydrogen (secondary N) is 1. The van der Waals surface area contributed by atoms with E-state index in [0.717, 1.165) is 23.7 Å². The third-order valence-electron chi connectivity index (χ3n) is 3.65. The molecule has 1 aliphatic rings. The number of aryl methyl sites for hydroxylation is 1. The van der Waals surface area contributed by atoms with Gasteiger partial charge in [-0.15, -0.1) is 0 Å². The van der Waals surface area contributed by atoms with Gasteiger partial charge in [-0.1, -0.05) is 30.3 Å². The van der Waals surface area contributed by atoms with Crippen molar-refractivity contribution >= 4 is 21.6 Å². The summed E-state index contributed by atoms with van der Waals surface area (Å²) in [5.74, 6) is -0.211. The topological polar surface area (TPSA) is 12.0 Å². The van der Waals surface area contributed by atoms with Crippen LogP contribution in [0.3, 0.4) is 0 Å². The van der Waals surface area contributed by atoms with Crippen molar-refractivity contribution in [2.75, 3.05) is 5.32 Å². The fourth-order valence-corrected chi connectivity index (χ4v) is 3.17. The molecule has 0 spiro atoms. The molecular formula is C16H15BrFN. The molecule has 1 aliphatic carbocycles. The SMILES string of the molecule is Fc1cccc(Br)c1NC1CCCc2ccccc21. The first-order valence-corrected chi connectivity index (χ1v) is 7.33. The Morgan fingerprint density at radius 2 is 1.95 bits per heavy atom. The van der Waals surface area contributed by atoms with Crippen molar-refractivity contribution in [3.05, 3.63) is 63.9 Å². The third kappa shape index (κ3) is 2.52. The van der Waals surface area contributed by atoms with Crippen molar-refractivity contribution in [1.82, 2.24) is 0 Å². The standard InChI is InChI=1S/C16H15BrFN/c17-13-8-4-9-14(18)16(13)19-15-10-3-6-11-5-1-2-7-12(11)15/h1-2,4-5,7-9,15,19H,3,6,10H2. The number of hydrogen-bond donors (Lipinski definition) is 1. The number of benzene rings is 2. The highest BCUT2D eigenvalue weighted by Gasteiger charge is 2.21. The van der Waals surface area contributed by atoms with Crippen molar-refractivity contribution < 1.29 is 4.39 Å². The first kappa shape index (κ1) is 12.7. The lowest BCUT2D eigenvalue weighted by Crippen LogP contribution is -2.18. The van der Waals surface area contributed by atoms with E-state index in [0.29, 0.717) is 5.69 Å². The fraction of sp³-hybridized carbons (Fsp3) is 0.250. The summed E-state index contributed by atoms with van der Waals surface area (Å²) in [7, 11) is 0. The summed E-state index contributed by atoms with van der Waals surface area (Å²) < 4.78 is 14.7. The first-order valence-electron chi connectivity index (χ1n) is 6.54. The average Bonchev–Trinajstić information content (AvgIpc) is 2.43. The van der Waals surface area contributed by atoms with Crippen molar-refractivity contribution in [2.45, 2.75) is 25.3 Å². The van der Waals surface area contributed by atoms with Crippen LogP contribution in [0.2, 0.25) is 0 Å². The van der Waals surface area contributed by atoms with Gasteiger partial charge in [-0.2, -0.15) is 0 Å². The molecule has 1 unspecified atom stereocenters. The van der Waals surface area contributed by atoms with Gasteiger partial charge in [0.15, 0.2) is 0 Å². The minimum Gasteiger partial charge on any atom is -0.375 e. The molecule has 0 amide bonds. The maximum Gasteiger partial charge on any atom is 0.147 e. The van der Waals surface area contributed by atoms with E-state index >= 15 is 0 Å². The number of anilines is 1. The Kier molecular flexibility index (Phi) is 3.56. The van der Waals surface area contributed by atoms with E-state index < -0.39 is 0 Å². The predicted molar refractivity (Wildman–Crippen MR) is 79.8 cm³/mol. The lowest BCUT2D eigenvalue weighted by molar-refractivity contribution is 0.586. The molecule has 0 fully saturated rings. The molecule has 0 saturated carbocycles. The van der Waals surface area contributed by atoms with Crippen molar-refractivity contribution in [3.8, 4) is 0 Å². The lowest BCUT2D eigenvalue weighted by Gasteiger charge is -2.27. The molecule has 98 valence electrons. The summed E-state index contributed by atoms with van der Waals surface area (Å²) >= 11 is 3.41. The molecule has 1 atom stereocenters. The van der Waals surface area contributed by atoms with Gasteiger partial charge < -0.3 is 5.32 Å². The monoisotopic (exact) mass is 319 g/mol. The van der Waals surface area contributed by atoms with Crippen LogP contribution in [0.4, 0.5) is 10.1 Å². The molecule has 19 heavy (non-hydrogen) atoms. The molecule has 3 rings (SSSR count). The fourth-order valence-electron chi connectivity index (χ4n) is 2.71. The second-order valence-corrected chi connectivity index (χ2v) is 5.74. The second-order valence-electron chi connectivity index (χ2n) is 4.88. The predicted octanol–water partition coefficient (Wildman–Crippen LogP) is 5.08. The van der Waals surface area contributed by atoms with Gasteiger partial charge >= 0.3 is 0 Å². The number of halogens is 2. The molecule has 0 heterocycles. The van der Waals surface area contributed by atoms with Crippen LogP contribution in [0.25, 0.3) is 0 Å². The van der Waals surface area contributed by atoms with E-state index in [1.807, 2.05) is 6.07 Å². The smallest absolute Gasteiger partial charge is 0.147 e. The number of fused-ring (bicyclic) bond motifs is 1. The Balaban J connectivity index is 1.93. The van der Waals surface area contributed by atoms with Gasteiger partial charge in [0, 0.05) is 4.47 Å². The van der Waals surface area contributed by atoms with Crippen molar-refractivity contribution in [2.24, 2.45) is 0 Å². The van der Waals surface area contributed by atoms with Crippen molar-refractivity contribution in [1.29, 1.82) is 0 Å². The van der Waals surface area contributed by atoms with Gasteiger partial charge in [-0.25, -0.2) is 4.39 Å². The zero-order valence-electron chi connectivity index (χ0n) is 10.5. The molecule has 1 N–H and O–H groups in total. The highest BCUT2D eigenvalue weighted by atomic mass is 79.9. The van der Waals surface area contributed by atoms with Crippen LogP contribution in [0.15, 0.2) is 46.9 Å². The summed E-state index contributed by atoms with van der Waals surface area (Å²) in [6, 6.07) is 13.7. The van der Waals surface area contributed by atoms with Crippen LogP contribution in [-0.2, 0) is 6.42 Å². The van der Waals surface area contributed by atoms with Gasteiger partial charge in [-0.3, -0.25) is 0 Å². The molecule has 1 nitrogen and oxygen atoms in total. The Hall–Kier alpha value is -1.35. The normalized spacial score (nSPS) is 17.9. The van der Waals surface area contributed by atoms with E-state index in [1.165, 1.54) is 17.2 Å². The Morgan fingerprint density at radius 3 is 2.79 bits per heavy atom. The maximum atomic E-state index is 13.9. The Morgan fingerprint density at radius 1 is 1.11 bits per heavy atom. The molecule has 0 bridgehead atoms. The van der Waals surface area contributed by atoms with E-state index in [4.69, 9.17) is 0 Å². The molecule has 0 aromatic heterocycles. The van der Waals surface area contributed by atoms with Gasteiger partial charge in [-0.05, 0) is 58.5 Å². The van der Waals surface area contributed by atoms with Gasteiger partial charge in [0.2, 0.25) is 0 Å². The van der Waals surface area contributed by atoms with Gasteiger partial charge in [0.1, 0.15) is 5.82 Å². The third-order valence-corrected chi connectivity index (χ3v) is 4.31. The molecule has 3 heteroatoms. The zero-order chi connectivity index (χ0) is 13.2. The summed E-state index contributed by atoms with van der Waals surface area (Å²) in [5.41, 5.74) is 3.23. The quantitative estimate of drug-likeness (QED) is 0.814.